The van der Waals surface area contributed by atoms with E-state index in [1.807, 2.05) is 0 Å². The van der Waals surface area contributed by atoms with Crippen molar-refractivity contribution in [1.82, 2.24) is 15.5 Å². The normalized spacial score (nSPS) is 20.0. The lowest BCUT2D eigenvalue weighted by Crippen LogP contribution is -2.26. The predicted molar refractivity (Wildman–Crippen MR) is 63.3 cm³/mol. The summed E-state index contributed by atoms with van der Waals surface area (Å²) < 4.78 is 0. The van der Waals surface area contributed by atoms with Gasteiger partial charge in [0.15, 0.2) is 0 Å². The van der Waals surface area contributed by atoms with E-state index in [-0.39, 0.29) is 0 Å². The van der Waals surface area contributed by atoms with Gasteiger partial charge in [0.25, 0.3) is 0 Å². The molecule has 16 heavy (non-hydrogen) atoms. The topological polar surface area (TPSA) is 49.8 Å². The number of aromatic nitrogens is 2. The third-order valence-corrected chi connectivity index (χ3v) is 3.61. The van der Waals surface area contributed by atoms with E-state index < -0.39 is 0 Å². The maximum absolute atomic E-state index is 4.29. The van der Waals surface area contributed by atoms with Gasteiger partial charge in [-0.1, -0.05) is 6.42 Å². The van der Waals surface area contributed by atoms with Crippen LogP contribution >= 0.6 is 0 Å². The number of hydrogen-bond acceptors (Lipinski definition) is 4. The third-order valence-electron chi connectivity index (χ3n) is 3.61. The van der Waals surface area contributed by atoms with Crippen LogP contribution in [0.2, 0.25) is 0 Å². The van der Waals surface area contributed by atoms with Crippen molar-refractivity contribution in [3.8, 4) is 0 Å². The number of fused-ring (bicyclic) bond motifs is 1. The van der Waals surface area contributed by atoms with Crippen molar-refractivity contribution in [2.75, 3.05) is 18.4 Å². The second kappa shape index (κ2) is 4.37. The van der Waals surface area contributed by atoms with Crippen LogP contribution in [0.5, 0.6) is 0 Å². The first-order valence-electron chi connectivity index (χ1n) is 6.22. The van der Waals surface area contributed by atoms with E-state index in [1.54, 1.807) is 0 Å². The first-order valence-corrected chi connectivity index (χ1v) is 6.22. The second-order valence-corrected chi connectivity index (χ2v) is 4.81. The molecule has 0 bridgehead atoms. The van der Waals surface area contributed by atoms with Crippen LogP contribution in [0.1, 0.15) is 30.5 Å². The van der Waals surface area contributed by atoms with E-state index >= 15 is 0 Å². The monoisotopic (exact) mass is 218 g/mol. The first kappa shape index (κ1) is 10.0. The molecular formula is C12H18N4. The molecule has 86 valence electrons. The Bertz CT molecular complexity index is 373. The number of hydrogen-bond donors (Lipinski definition) is 2. The van der Waals surface area contributed by atoms with Crippen LogP contribution < -0.4 is 10.6 Å². The summed E-state index contributed by atoms with van der Waals surface area (Å²) >= 11 is 0. The van der Waals surface area contributed by atoms with Crippen LogP contribution in [0.25, 0.3) is 0 Å². The highest BCUT2D eigenvalue weighted by molar-refractivity contribution is 5.39. The minimum Gasteiger partial charge on any atom is -0.368 e. The number of rotatable bonds is 3. The van der Waals surface area contributed by atoms with Gasteiger partial charge in [-0.25, -0.2) is 0 Å². The molecule has 0 aromatic carbocycles. The molecule has 0 saturated heterocycles. The van der Waals surface area contributed by atoms with E-state index in [2.05, 4.69) is 26.9 Å². The highest BCUT2D eigenvalue weighted by Gasteiger charge is 2.17. The van der Waals surface area contributed by atoms with Gasteiger partial charge in [-0.05, 0) is 30.4 Å². The van der Waals surface area contributed by atoms with Crippen LogP contribution in [0.15, 0.2) is 6.07 Å². The maximum atomic E-state index is 4.29. The Labute approximate surface area is 95.8 Å². The Balaban J connectivity index is 1.65. The molecule has 1 saturated carbocycles. The van der Waals surface area contributed by atoms with Crippen molar-refractivity contribution >= 4 is 5.82 Å². The van der Waals surface area contributed by atoms with Gasteiger partial charge in [0, 0.05) is 26.1 Å². The maximum Gasteiger partial charge on any atom is 0.148 e. The second-order valence-electron chi connectivity index (χ2n) is 4.81. The summed E-state index contributed by atoms with van der Waals surface area (Å²) in [6, 6.07) is 2.15. The van der Waals surface area contributed by atoms with Crippen molar-refractivity contribution in [1.29, 1.82) is 0 Å². The smallest absolute Gasteiger partial charge is 0.148 e. The molecule has 4 heteroatoms. The fraction of sp³-hybridized carbons (Fsp3) is 0.667. The molecule has 4 nitrogen and oxygen atoms in total. The highest BCUT2D eigenvalue weighted by atomic mass is 15.2. The Kier molecular flexibility index (Phi) is 2.74. The van der Waals surface area contributed by atoms with Gasteiger partial charge in [0.2, 0.25) is 0 Å². The van der Waals surface area contributed by atoms with Gasteiger partial charge in [-0.15, -0.1) is 5.10 Å². The van der Waals surface area contributed by atoms with Crippen LogP contribution in [-0.2, 0) is 13.0 Å². The van der Waals surface area contributed by atoms with Gasteiger partial charge in [0.05, 0.1) is 5.69 Å². The molecule has 0 radical (unpaired) electrons. The molecular weight excluding hydrogens is 200 g/mol. The molecule has 1 aromatic rings. The average molecular weight is 218 g/mol. The zero-order valence-corrected chi connectivity index (χ0v) is 9.50. The van der Waals surface area contributed by atoms with E-state index in [0.29, 0.717) is 0 Å². The Hall–Kier alpha value is -1.16. The highest BCUT2D eigenvalue weighted by Crippen LogP contribution is 2.26. The molecule has 1 aliphatic heterocycles. The van der Waals surface area contributed by atoms with Gasteiger partial charge in [0.1, 0.15) is 5.82 Å². The quantitative estimate of drug-likeness (QED) is 0.803. The van der Waals surface area contributed by atoms with Gasteiger partial charge in [-0.3, -0.25) is 0 Å². The van der Waals surface area contributed by atoms with Crippen molar-refractivity contribution < 1.29 is 0 Å². The van der Waals surface area contributed by atoms with E-state index in [1.165, 1.54) is 24.8 Å². The summed E-state index contributed by atoms with van der Waals surface area (Å²) in [5.74, 6) is 1.80. The van der Waals surface area contributed by atoms with Crippen molar-refractivity contribution in [2.45, 2.75) is 32.2 Å². The number of nitrogens with one attached hydrogen (secondary N) is 2. The molecule has 1 aliphatic carbocycles. The minimum absolute atomic E-state index is 0.857. The fourth-order valence-corrected chi connectivity index (χ4v) is 2.28. The van der Waals surface area contributed by atoms with Crippen LogP contribution in [-0.4, -0.2) is 23.3 Å². The lowest BCUT2D eigenvalue weighted by atomic mass is 9.85. The number of nitrogens with zero attached hydrogens (tertiary/aromatic N) is 2. The van der Waals surface area contributed by atoms with E-state index in [0.717, 1.165) is 43.5 Å². The molecule has 0 atom stereocenters. The average Bonchev–Trinajstić information content (AvgIpc) is 2.27. The standard InChI is InChI=1S/C12H18N4/c1-2-9(3-1)7-14-12-6-10-8-13-5-4-11(10)15-16-12/h6,9,13H,1-5,7-8H2,(H,14,16). The fourth-order valence-electron chi connectivity index (χ4n) is 2.28. The van der Waals surface area contributed by atoms with Crippen molar-refractivity contribution in [3.63, 3.8) is 0 Å². The predicted octanol–water partition coefficient (Wildman–Crippen LogP) is 1.33. The molecule has 1 aromatic heterocycles. The summed E-state index contributed by atoms with van der Waals surface area (Å²) in [5.41, 5.74) is 2.46. The molecule has 0 unspecified atom stereocenters. The van der Waals surface area contributed by atoms with Crippen molar-refractivity contribution in [2.24, 2.45) is 5.92 Å². The zero-order chi connectivity index (χ0) is 10.8. The summed E-state index contributed by atoms with van der Waals surface area (Å²) in [6.45, 7) is 3.01. The Morgan fingerprint density at radius 1 is 1.38 bits per heavy atom. The van der Waals surface area contributed by atoms with Crippen LogP contribution in [0.4, 0.5) is 5.82 Å². The summed E-state index contributed by atoms with van der Waals surface area (Å²) in [6.07, 6.45) is 5.14. The lowest BCUT2D eigenvalue weighted by Gasteiger charge is -2.25. The third kappa shape index (κ3) is 2.02. The molecule has 2 N–H and O–H groups in total. The lowest BCUT2D eigenvalue weighted by molar-refractivity contribution is 0.333. The van der Waals surface area contributed by atoms with Crippen LogP contribution in [0, 0.1) is 5.92 Å². The number of anilines is 1. The molecule has 0 amide bonds. The molecule has 2 aliphatic rings. The van der Waals surface area contributed by atoms with E-state index in [4.69, 9.17) is 0 Å². The SMILES string of the molecule is c1c(NCC2CCC2)nnc2c1CNCC2. The van der Waals surface area contributed by atoms with E-state index in [9.17, 15) is 0 Å². The Morgan fingerprint density at radius 3 is 3.12 bits per heavy atom. The van der Waals surface area contributed by atoms with Gasteiger partial charge >= 0.3 is 0 Å². The zero-order valence-electron chi connectivity index (χ0n) is 9.50. The largest absolute Gasteiger partial charge is 0.368 e. The van der Waals surface area contributed by atoms with Gasteiger partial charge < -0.3 is 10.6 Å². The van der Waals surface area contributed by atoms with Crippen molar-refractivity contribution in [3.05, 3.63) is 17.3 Å². The summed E-state index contributed by atoms with van der Waals surface area (Å²) in [5, 5.41) is 15.3. The van der Waals surface area contributed by atoms with Crippen LogP contribution in [0.3, 0.4) is 0 Å². The minimum atomic E-state index is 0.857. The molecule has 1 fully saturated rings. The molecule has 0 spiro atoms. The van der Waals surface area contributed by atoms with Gasteiger partial charge in [-0.2, -0.15) is 5.10 Å². The summed E-state index contributed by atoms with van der Waals surface area (Å²) in [4.78, 5) is 0. The Morgan fingerprint density at radius 2 is 2.31 bits per heavy atom. The first-order chi connectivity index (χ1) is 7.92. The summed E-state index contributed by atoms with van der Waals surface area (Å²) in [7, 11) is 0. The molecule has 3 rings (SSSR count). The molecule has 2 heterocycles.